The molecule has 1 saturated heterocycles. The van der Waals surface area contributed by atoms with E-state index in [1.165, 1.54) is 0 Å². The molecule has 1 N–H and O–H groups in total. The Morgan fingerprint density at radius 2 is 2.29 bits per heavy atom. The van der Waals surface area contributed by atoms with E-state index in [1.807, 2.05) is 6.08 Å². The molecule has 1 rings (SSSR count). The van der Waals surface area contributed by atoms with Crippen molar-refractivity contribution in [2.24, 2.45) is 0 Å². The Hall–Kier alpha value is -0.380. The fraction of sp³-hybridized carbons (Fsp3) is 0.818. The maximum absolute atomic E-state index is 9.60. The molecule has 2 unspecified atom stereocenters. The lowest BCUT2D eigenvalue weighted by Gasteiger charge is -2.26. The highest BCUT2D eigenvalue weighted by atomic mass is 16.3. The Morgan fingerprint density at radius 1 is 1.57 bits per heavy atom. The van der Waals surface area contributed by atoms with Crippen molar-refractivity contribution < 1.29 is 5.11 Å². The van der Waals surface area contributed by atoms with Crippen LogP contribution in [0.4, 0.5) is 0 Å². The Labute approximate surface area is 87.0 Å². The highest BCUT2D eigenvalue weighted by Gasteiger charge is 2.30. The summed E-state index contributed by atoms with van der Waals surface area (Å²) >= 11 is 0. The number of hydrogen-bond donors (Lipinski definition) is 1. The second-order valence-electron chi connectivity index (χ2n) is 4.38. The molecule has 0 aromatic rings. The van der Waals surface area contributed by atoms with Gasteiger partial charge in [0.15, 0.2) is 0 Å². The van der Waals surface area contributed by atoms with Crippen molar-refractivity contribution in [2.75, 3.05) is 33.7 Å². The van der Waals surface area contributed by atoms with E-state index in [9.17, 15) is 5.11 Å². The highest BCUT2D eigenvalue weighted by Crippen LogP contribution is 2.18. The van der Waals surface area contributed by atoms with Gasteiger partial charge in [0.25, 0.3) is 0 Å². The molecule has 0 saturated carbocycles. The zero-order valence-electron chi connectivity index (χ0n) is 9.32. The Bertz CT molecular complexity index is 182. The van der Waals surface area contributed by atoms with Crippen molar-refractivity contribution in [3.05, 3.63) is 12.7 Å². The van der Waals surface area contributed by atoms with Crippen LogP contribution in [0.15, 0.2) is 12.7 Å². The van der Waals surface area contributed by atoms with E-state index in [0.717, 1.165) is 32.5 Å². The molecule has 2 atom stereocenters. The van der Waals surface area contributed by atoms with Crippen molar-refractivity contribution in [1.29, 1.82) is 0 Å². The molecule has 0 bridgehead atoms. The molecule has 1 fully saturated rings. The summed E-state index contributed by atoms with van der Waals surface area (Å²) in [6.45, 7) is 6.62. The quantitative estimate of drug-likeness (QED) is 0.654. The molecule has 0 radical (unpaired) electrons. The molecule has 0 amide bonds. The summed E-state index contributed by atoms with van der Waals surface area (Å²) < 4.78 is 0. The Balaban J connectivity index is 2.40. The first-order valence-electron chi connectivity index (χ1n) is 5.31. The van der Waals surface area contributed by atoms with E-state index in [4.69, 9.17) is 0 Å². The van der Waals surface area contributed by atoms with Gasteiger partial charge in [0.2, 0.25) is 0 Å². The molecule has 0 aliphatic carbocycles. The highest BCUT2D eigenvalue weighted by molar-refractivity contribution is 4.87. The summed E-state index contributed by atoms with van der Waals surface area (Å²) in [6.07, 6.45) is 3.73. The third kappa shape index (κ3) is 3.40. The second kappa shape index (κ2) is 5.49. The number of rotatable bonds is 5. The van der Waals surface area contributed by atoms with Crippen LogP contribution in [0.25, 0.3) is 0 Å². The van der Waals surface area contributed by atoms with E-state index >= 15 is 0 Å². The first kappa shape index (κ1) is 11.7. The molecule has 82 valence electrons. The van der Waals surface area contributed by atoms with Gasteiger partial charge in [-0.2, -0.15) is 0 Å². The zero-order valence-corrected chi connectivity index (χ0v) is 9.32. The van der Waals surface area contributed by atoms with Crippen LogP contribution in [-0.2, 0) is 0 Å². The molecular weight excluding hydrogens is 176 g/mol. The molecule has 14 heavy (non-hydrogen) atoms. The number of β-amino-alcohol motifs (C(OH)–C–C–N with tert-alkyl or cyclic N) is 1. The standard InChI is InChI=1S/C11H22N2O/c1-4-5-6-13-9-11(14)7-10(13)8-12(2)3/h4,10-11,14H,1,5-9H2,2-3H3. The lowest BCUT2D eigenvalue weighted by Crippen LogP contribution is -2.37. The van der Waals surface area contributed by atoms with Gasteiger partial charge in [-0.1, -0.05) is 6.08 Å². The Kier molecular flexibility index (Phi) is 4.58. The minimum absolute atomic E-state index is 0.134. The van der Waals surface area contributed by atoms with Gasteiger partial charge in [-0.3, -0.25) is 4.90 Å². The molecule has 0 aromatic heterocycles. The first-order chi connectivity index (χ1) is 6.63. The minimum atomic E-state index is -0.134. The van der Waals surface area contributed by atoms with E-state index in [-0.39, 0.29) is 6.10 Å². The monoisotopic (exact) mass is 198 g/mol. The molecular formula is C11H22N2O. The molecule has 3 heteroatoms. The van der Waals surface area contributed by atoms with Crippen LogP contribution in [0.5, 0.6) is 0 Å². The van der Waals surface area contributed by atoms with Gasteiger partial charge in [0, 0.05) is 25.7 Å². The van der Waals surface area contributed by atoms with Crippen molar-refractivity contribution in [3.63, 3.8) is 0 Å². The number of hydrogen-bond acceptors (Lipinski definition) is 3. The van der Waals surface area contributed by atoms with E-state index in [1.54, 1.807) is 0 Å². The fourth-order valence-corrected chi connectivity index (χ4v) is 2.10. The van der Waals surface area contributed by atoms with Gasteiger partial charge in [-0.25, -0.2) is 0 Å². The number of aliphatic hydroxyl groups excluding tert-OH is 1. The van der Waals surface area contributed by atoms with Crippen LogP contribution in [0.2, 0.25) is 0 Å². The zero-order chi connectivity index (χ0) is 10.6. The topological polar surface area (TPSA) is 26.7 Å². The smallest absolute Gasteiger partial charge is 0.0682 e. The summed E-state index contributed by atoms with van der Waals surface area (Å²) in [5.74, 6) is 0. The molecule has 0 spiro atoms. The van der Waals surface area contributed by atoms with Crippen LogP contribution >= 0.6 is 0 Å². The molecule has 0 aromatic carbocycles. The van der Waals surface area contributed by atoms with E-state index in [0.29, 0.717) is 6.04 Å². The predicted octanol–water partition coefficient (Wildman–Crippen LogP) is 0.559. The largest absolute Gasteiger partial charge is 0.392 e. The van der Waals surface area contributed by atoms with Crippen molar-refractivity contribution >= 4 is 0 Å². The van der Waals surface area contributed by atoms with E-state index < -0.39 is 0 Å². The minimum Gasteiger partial charge on any atom is -0.392 e. The third-order valence-corrected chi connectivity index (χ3v) is 2.70. The molecule has 3 nitrogen and oxygen atoms in total. The number of likely N-dealkylation sites (N-methyl/N-ethyl adjacent to an activating group) is 1. The van der Waals surface area contributed by atoms with Crippen LogP contribution in [0, 0.1) is 0 Å². The lowest BCUT2D eigenvalue weighted by atomic mass is 10.2. The number of aliphatic hydroxyl groups is 1. The normalized spacial score (nSPS) is 28.6. The van der Waals surface area contributed by atoms with Crippen LogP contribution < -0.4 is 0 Å². The summed E-state index contributed by atoms with van der Waals surface area (Å²) in [6, 6.07) is 0.514. The van der Waals surface area contributed by atoms with E-state index in [2.05, 4.69) is 30.5 Å². The third-order valence-electron chi connectivity index (χ3n) is 2.70. The van der Waals surface area contributed by atoms with Gasteiger partial charge in [-0.15, -0.1) is 6.58 Å². The summed E-state index contributed by atoms with van der Waals surface area (Å²) in [5, 5.41) is 9.60. The number of nitrogens with zero attached hydrogens (tertiary/aromatic N) is 2. The predicted molar refractivity (Wildman–Crippen MR) is 59.4 cm³/mol. The number of likely N-dealkylation sites (tertiary alicyclic amines) is 1. The summed E-state index contributed by atoms with van der Waals surface area (Å²) in [4.78, 5) is 4.55. The van der Waals surface area contributed by atoms with Crippen LogP contribution in [0.3, 0.4) is 0 Å². The fourth-order valence-electron chi connectivity index (χ4n) is 2.10. The summed E-state index contributed by atoms with van der Waals surface area (Å²) in [5.41, 5.74) is 0. The SMILES string of the molecule is C=CCCN1CC(O)CC1CN(C)C. The molecule has 1 heterocycles. The second-order valence-corrected chi connectivity index (χ2v) is 4.38. The average Bonchev–Trinajstić information content (AvgIpc) is 2.41. The van der Waals surface area contributed by atoms with Gasteiger partial charge in [0.1, 0.15) is 0 Å². The van der Waals surface area contributed by atoms with Crippen LogP contribution in [0.1, 0.15) is 12.8 Å². The van der Waals surface area contributed by atoms with Crippen molar-refractivity contribution in [2.45, 2.75) is 25.0 Å². The first-order valence-corrected chi connectivity index (χ1v) is 5.31. The molecule has 1 aliphatic heterocycles. The van der Waals surface area contributed by atoms with Gasteiger partial charge >= 0.3 is 0 Å². The van der Waals surface area contributed by atoms with Crippen LogP contribution in [-0.4, -0.2) is 60.8 Å². The van der Waals surface area contributed by atoms with Gasteiger partial charge in [-0.05, 0) is 26.9 Å². The molecule has 1 aliphatic rings. The average molecular weight is 198 g/mol. The van der Waals surface area contributed by atoms with Gasteiger partial charge < -0.3 is 10.0 Å². The maximum Gasteiger partial charge on any atom is 0.0682 e. The van der Waals surface area contributed by atoms with Crippen molar-refractivity contribution in [3.8, 4) is 0 Å². The summed E-state index contributed by atoms with van der Waals surface area (Å²) in [7, 11) is 4.16. The maximum atomic E-state index is 9.60. The van der Waals surface area contributed by atoms with Gasteiger partial charge in [0.05, 0.1) is 6.10 Å². The Morgan fingerprint density at radius 3 is 2.86 bits per heavy atom. The van der Waals surface area contributed by atoms with Crippen molar-refractivity contribution in [1.82, 2.24) is 9.80 Å². The lowest BCUT2D eigenvalue weighted by molar-refractivity contribution is 0.174.